The number of benzene rings is 2. The lowest BCUT2D eigenvalue weighted by Gasteiger charge is -2.30. The highest BCUT2D eigenvalue weighted by Gasteiger charge is 2.27. The third kappa shape index (κ3) is 3.24. The Morgan fingerprint density at radius 2 is 1.90 bits per heavy atom. The molecule has 31 heavy (non-hydrogen) atoms. The summed E-state index contributed by atoms with van der Waals surface area (Å²) in [5, 5.41) is 5.36. The van der Waals surface area contributed by atoms with E-state index in [9.17, 15) is 4.79 Å². The molecule has 2 aromatic heterocycles. The standard InChI is InChI=1S/C25H24N4O2/c1-16-23-20(15-21(17-8-5-4-6-9-17)26-24(23)28(2)27-16)25(30)29-13-7-10-18-14-19(31-3)11-12-22(18)29/h4-6,8-9,11-12,14-15H,7,10,13H2,1-3H3. The van der Waals surface area contributed by atoms with Crippen LogP contribution in [0.3, 0.4) is 0 Å². The molecule has 156 valence electrons. The molecule has 1 aliphatic rings. The number of hydrogen-bond donors (Lipinski definition) is 0. The number of ether oxygens (including phenoxy) is 1. The van der Waals surface area contributed by atoms with Gasteiger partial charge in [0.25, 0.3) is 5.91 Å². The molecule has 6 nitrogen and oxygen atoms in total. The van der Waals surface area contributed by atoms with Crippen LogP contribution in [0.4, 0.5) is 5.69 Å². The number of hydrogen-bond acceptors (Lipinski definition) is 4. The molecule has 0 bridgehead atoms. The second-order valence-corrected chi connectivity index (χ2v) is 7.88. The first-order valence-corrected chi connectivity index (χ1v) is 10.5. The molecule has 2 aromatic carbocycles. The Kier molecular flexibility index (Phi) is 4.70. The Labute approximate surface area is 181 Å². The van der Waals surface area contributed by atoms with Gasteiger partial charge in [0.1, 0.15) is 5.75 Å². The molecule has 0 spiro atoms. The van der Waals surface area contributed by atoms with Crippen LogP contribution in [-0.4, -0.2) is 34.3 Å². The van der Waals surface area contributed by atoms with E-state index in [0.29, 0.717) is 17.8 Å². The highest BCUT2D eigenvalue weighted by Crippen LogP contribution is 2.34. The van der Waals surface area contributed by atoms with Gasteiger partial charge in [-0.1, -0.05) is 30.3 Å². The number of carbonyl (C=O) groups is 1. The molecule has 1 amide bonds. The summed E-state index contributed by atoms with van der Waals surface area (Å²) in [7, 11) is 3.53. The second-order valence-electron chi connectivity index (χ2n) is 7.88. The number of fused-ring (bicyclic) bond motifs is 2. The summed E-state index contributed by atoms with van der Waals surface area (Å²) in [6, 6.07) is 17.8. The number of carbonyl (C=O) groups excluding carboxylic acids is 1. The van der Waals surface area contributed by atoms with Crippen molar-refractivity contribution in [1.82, 2.24) is 14.8 Å². The number of anilines is 1. The lowest BCUT2D eigenvalue weighted by Crippen LogP contribution is -2.35. The molecule has 0 fully saturated rings. The Morgan fingerprint density at radius 1 is 1.10 bits per heavy atom. The van der Waals surface area contributed by atoms with Crippen LogP contribution in [0.15, 0.2) is 54.6 Å². The molecule has 0 saturated heterocycles. The average Bonchev–Trinajstić information content (AvgIpc) is 3.11. The molecule has 3 heterocycles. The summed E-state index contributed by atoms with van der Waals surface area (Å²) >= 11 is 0. The highest BCUT2D eigenvalue weighted by molar-refractivity contribution is 6.15. The van der Waals surface area contributed by atoms with Gasteiger partial charge in [0.05, 0.1) is 29.4 Å². The van der Waals surface area contributed by atoms with Crippen LogP contribution >= 0.6 is 0 Å². The Balaban J connectivity index is 1.68. The summed E-state index contributed by atoms with van der Waals surface area (Å²) in [4.78, 5) is 20.6. The number of aromatic nitrogens is 3. The third-order valence-corrected chi connectivity index (χ3v) is 5.92. The molecular formula is C25H24N4O2. The monoisotopic (exact) mass is 412 g/mol. The number of rotatable bonds is 3. The van der Waals surface area contributed by atoms with E-state index in [1.807, 2.05) is 73.5 Å². The van der Waals surface area contributed by atoms with Crippen molar-refractivity contribution in [3.8, 4) is 17.0 Å². The zero-order valence-electron chi connectivity index (χ0n) is 17.9. The van der Waals surface area contributed by atoms with Gasteiger partial charge in [0.2, 0.25) is 0 Å². The minimum Gasteiger partial charge on any atom is -0.497 e. The molecule has 0 aliphatic carbocycles. The minimum atomic E-state index is -0.0215. The molecule has 1 aliphatic heterocycles. The van der Waals surface area contributed by atoms with E-state index < -0.39 is 0 Å². The number of nitrogens with zero attached hydrogens (tertiary/aromatic N) is 4. The summed E-state index contributed by atoms with van der Waals surface area (Å²) in [6.07, 6.45) is 1.85. The van der Waals surface area contributed by atoms with Crippen LogP contribution in [0, 0.1) is 6.92 Å². The fraction of sp³-hybridized carbons (Fsp3) is 0.240. The van der Waals surface area contributed by atoms with E-state index in [-0.39, 0.29) is 5.91 Å². The van der Waals surface area contributed by atoms with Gasteiger partial charge in [-0.15, -0.1) is 0 Å². The predicted octanol–water partition coefficient (Wildman–Crippen LogP) is 4.55. The van der Waals surface area contributed by atoms with Gasteiger partial charge in [-0.2, -0.15) is 5.10 Å². The predicted molar refractivity (Wildman–Crippen MR) is 122 cm³/mol. The largest absolute Gasteiger partial charge is 0.497 e. The molecule has 4 aromatic rings. The van der Waals surface area contributed by atoms with Crippen LogP contribution in [-0.2, 0) is 13.5 Å². The zero-order chi connectivity index (χ0) is 21.5. The van der Waals surface area contributed by atoms with Gasteiger partial charge in [0, 0.05) is 24.8 Å². The molecule has 5 rings (SSSR count). The van der Waals surface area contributed by atoms with E-state index in [2.05, 4.69) is 5.10 Å². The molecule has 0 N–H and O–H groups in total. The summed E-state index contributed by atoms with van der Waals surface area (Å²) < 4.78 is 7.13. The fourth-order valence-electron chi connectivity index (χ4n) is 4.43. The van der Waals surface area contributed by atoms with E-state index >= 15 is 0 Å². The van der Waals surface area contributed by atoms with Gasteiger partial charge in [0.15, 0.2) is 5.65 Å². The number of aryl methyl sites for hydroxylation is 3. The number of methoxy groups -OCH3 is 1. The van der Waals surface area contributed by atoms with E-state index in [1.165, 1.54) is 0 Å². The Bertz CT molecular complexity index is 1290. The van der Waals surface area contributed by atoms with Crippen molar-refractivity contribution in [3.05, 3.63) is 71.4 Å². The van der Waals surface area contributed by atoms with Crippen molar-refractivity contribution in [2.24, 2.45) is 7.05 Å². The van der Waals surface area contributed by atoms with Crippen molar-refractivity contribution in [3.63, 3.8) is 0 Å². The first-order valence-electron chi connectivity index (χ1n) is 10.5. The summed E-state index contributed by atoms with van der Waals surface area (Å²) in [6.45, 7) is 2.61. The smallest absolute Gasteiger partial charge is 0.259 e. The highest BCUT2D eigenvalue weighted by atomic mass is 16.5. The first kappa shape index (κ1) is 19.3. The number of amides is 1. The normalized spacial score (nSPS) is 13.3. The van der Waals surface area contributed by atoms with Crippen molar-refractivity contribution in [2.45, 2.75) is 19.8 Å². The number of pyridine rings is 1. The van der Waals surface area contributed by atoms with Crippen molar-refractivity contribution in [2.75, 3.05) is 18.6 Å². The van der Waals surface area contributed by atoms with Gasteiger partial charge < -0.3 is 9.64 Å². The van der Waals surface area contributed by atoms with Crippen LogP contribution in [0.2, 0.25) is 0 Å². The van der Waals surface area contributed by atoms with Crippen LogP contribution < -0.4 is 9.64 Å². The first-order chi connectivity index (χ1) is 15.1. The zero-order valence-corrected chi connectivity index (χ0v) is 17.9. The SMILES string of the molecule is COc1ccc2c(c1)CCCN2C(=O)c1cc(-c2ccccc2)nc2c1c(C)nn2C. The van der Waals surface area contributed by atoms with Crippen molar-refractivity contribution >= 4 is 22.6 Å². The molecule has 6 heteroatoms. The van der Waals surface area contributed by atoms with E-state index in [0.717, 1.165) is 52.2 Å². The minimum absolute atomic E-state index is 0.0215. The quantitative estimate of drug-likeness (QED) is 0.495. The van der Waals surface area contributed by atoms with Gasteiger partial charge in [-0.25, -0.2) is 4.98 Å². The third-order valence-electron chi connectivity index (χ3n) is 5.92. The molecular weight excluding hydrogens is 388 g/mol. The van der Waals surface area contributed by atoms with Gasteiger partial charge >= 0.3 is 0 Å². The maximum absolute atomic E-state index is 13.9. The summed E-state index contributed by atoms with van der Waals surface area (Å²) in [5.41, 5.74) is 5.99. The van der Waals surface area contributed by atoms with Gasteiger partial charge in [-0.3, -0.25) is 9.48 Å². The maximum atomic E-state index is 13.9. The Morgan fingerprint density at radius 3 is 2.68 bits per heavy atom. The fourth-order valence-corrected chi connectivity index (χ4v) is 4.43. The van der Waals surface area contributed by atoms with Crippen molar-refractivity contribution in [1.29, 1.82) is 0 Å². The lowest BCUT2D eigenvalue weighted by atomic mass is 9.99. The van der Waals surface area contributed by atoms with Crippen LogP contribution in [0.25, 0.3) is 22.3 Å². The van der Waals surface area contributed by atoms with Crippen molar-refractivity contribution < 1.29 is 9.53 Å². The maximum Gasteiger partial charge on any atom is 0.259 e. The topological polar surface area (TPSA) is 60.2 Å². The lowest BCUT2D eigenvalue weighted by molar-refractivity contribution is 0.0986. The molecule has 0 saturated carbocycles. The second kappa shape index (κ2) is 7.54. The van der Waals surface area contributed by atoms with Gasteiger partial charge in [-0.05, 0) is 49.6 Å². The average molecular weight is 412 g/mol. The van der Waals surface area contributed by atoms with E-state index in [1.54, 1.807) is 11.8 Å². The summed E-state index contributed by atoms with van der Waals surface area (Å²) in [5.74, 6) is 0.792. The Hall–Kier alpha value is -3.67. The van der Waals surface area contributed by atoms with Crippen LogP contribution in [0.5, 0.6) is 5.75 Å². The van der Waals surface area contributed by atoms with E-state index in [4.69, 9.17) is 9.72 Å². The molecule has 0 unspecified atom stereocenters. The molecule has 0 radical (unpaired) electrons. The van der Waals surface area contributed by atoms with Crippen LogP contribution in [0.1, 0.15) is 28.0 Å². The molecule has 0 atom stereocenters.